The Kier molecular flexibility index (Phi) is 2.24. The third-order valence-electron chi connectivity index (χ3n) is 2.61. The van der Waals surface area contributed by atoms with Crippen LogP contribution < -0.4 is 0 Å². The van der Waals surface area contributed by atoms with Crippen molar-refractivity contribution < 1.29 is 12.8 Å². The summed E-state index contributed by atoms with van der Waals surface area (Å²) >= 11 is 0. The zero-order valence-electron chi connectivity index (χ0n) is 9.41. The zero-order valence-corrected chi connectivity index (χ0v) is 10.2. The molecule has 1 N–H and O–H groups in total. The van der Waals surface area contributed by atoms with Crippen LogP contribution in [0.15, 0.2) is 40.0 Å². The van der Waals surface area contributed by atoms with Gasteiger partial charge in [-0.15, -0.1) is 10.2 Å². The molecule has 0 saturated carbocycles. The fourth-order valence-corrected chi connectivity index (χ4v) is 2.40. The van der Waals surface area contributed by atoms with E-state index in [9.17, 15) is 8.42 Å². The van der Waals surface area contributed by atoms with Gasteiger partial charge < -0.3 is 9.40 Å². The van der Waals surface area contributed by atoms with Crippen molar-refractivity contribution in [3.63, 3.8) is 0 Å². The lowest BCUT2D eigenvalue weighted by molar-refractivity contribution is 0.567. The van der Waals surface area contributed by atoms with Gasteiger partial charge in [0, 0.05) is 17.2 Å². The van der Waals surface area contributed by atoms with Crippen LogP contribution >= 0.6 is 0 Å². The molecule has 0 atom stereocenters. The molecule has 7 heteroatoms. The molecule has 2 aromatic heterocycles. The van der Waals surface area contributed by atoms with Crippen molar-refractivity contribution in [2.24, 2.45) is 0 Å². The van der Waals surface area contributed by atoms with Crippen molar-refractivity contribution in [2.45, 2.75) is 4.90 Å². The average molecular weight is 263 g/mol. The number of hydrogen-bond acceptors (Lipinski definition) is 5. The molecule has 0 bridgehead atoms. The smallest absolute Gasteiger partial charge is 0.263 e. The summed E-state index contributed by atoms with van der Waals surface area (Å²) in [4.78, 5) is 3.37. The predicted octanol–water partition coefficient (Wildman–Crippen LogP) is 1.62. The van der Waals surface area contributed by atoms with Gasteiger partial charge in [-0.1, -0.05) is 0 Å². The minimum atomic E-state index is -3.20. The second-order valence-corrected chi connectivity index (χ2v) is 5.96. The molecule has 2 heterocycles. The Morgan fingerprint density at radius 3 is 2.78 bits per heavy atom. The van der Waals surface area contributed by atoms with Crippen LogP contribution in [0.4, 0.5) is 0 Å². The number of aromatic nitrogens is 3. The van der Waals surface area contributed by atoms with Crippen molar-refractivity contribution in [1.82, 2.24) is 15.2 Å². The molecular formula is C11H9N3O3S. The maximum absolute atomic E-state index is 11.5. The summed E-state index contributed by atoms with van der Waals surface area (Å²) in [6.45, 7) is 0. The van der Waals surface area contributed by atoms with Crippen LogP contribution in [0.5, 0.6) is 0 Å². The molecule has 0 aliphatic heterocycles. The number of hydrogen-bond donors (Lipinski definition) is 1. The standard InChI is InChI=1S/C11H9N3O3S/c1-18(15,16)8-2-3-9-7(4-8)5-10(13-9)11-14-12-6-17-11/h2-6,13H,1H3. The molecule has 1 aromatic carbocycles. The Morgan fingerprint density at radius 1 is 1.28 bits per heavy atom. The molecule has 0 amide bonds. The summed E-state index contributed by atoms with van der Waals surface area (Å²) < 4.78 is 28.0. The fourth-order valence-electron chi connectivity index (χ4n) is 1.75. The Labute approximate surface area is 103 Å². The molecule has 0 spiro atoms. The summed E-state index contributed by atoms with van der Waals surface area (Å²) in [7, 11) is -3.20. The monoisotopic (exact) mass is 263 g/mol. The summed E-state index contributed by atoms with van der Waals surface area (Å²) in [6, 6.07) is 6.66. The van der Waals surface area contributed by atoms with E-state index in [0.717, 1.165) is 10.9 Å². The van der Waals surface area contributed by atoms with E-state index in [0.29, 0.717) is 11.6 Å². The number of nitrogens with zero attached hydrogens (tertiary/aromatic N) is 2. The molecule has 0 fully saturated rings. The van der Waals surface area contributed by atoms with E-state index in [1.807, 2.05) is 0 Å². The van der Waals surface area contributed by atoms with Crippen LogP contribution in [0.1, 0.15) is 0 Å². The highest BCUT2D eigenvalue weighted by atomic mass is 32.2. The van der Waals surface area contributed by atoms with Gasteiger partial charge in [0.2, 0.25) is 6.39 Å². The van der Waals surface area contributed by atoms with Crippen LogP contribution in [-0.4, -0.2) is 29.9 Å². The molecule has 18 heavy (non-hydrogen) atoms. The van der Waals surface area contributed by atoms with Crippen molar-refractivity contribution in [3.05, 3.63) is 30.7 Å². The Hall–Kier alpha value is -2.15. The third kappa shape index (κ3) is 1.78. The van der Waals surface area contributed by atoms with Gasteiger partial charge in [-0.3, -0.25) is 0 Å². The molecule has 0 aliphatic carbocycles. The van der Waals surface area contributed by atoms with Crippen LogP contribution in [-0.2, 0) is 9.84 Å². The summed E-state index contributed by atoms with van der Waals surface area (Å²) in [6.07, 6.45) is 2.42. The van der Waals surface area contributed by atoms with Crippen molar-refractivity contribution >= 4 is 20.7 Å². The highest BCUT2D eigenvalue weighted by Crippen LogP contribution is 2.24. The second kappa shape index (κ2) is 3.67. The SMILES string of the molecule is CS(=O)(=O)c1ccc2[nH]c(-c3nnco3)cc2c1. The first-order valence-corrected chi connectivity index (χ1v) is 7.02. The highest BCUT2D eigenvalue weighted by Gasteiger charge is 2.11. The predicted molar refractivity (Wildman–Crippen MR) is 64.7 cm³/mol. The van der Waals surface area contributed by atoms with Crippen molar-refractivity contribution in [2.75, 3.05) is 6.26 Å². The number of rotatable bonds is 2. The van der Waals surface area contributed by atoms with Crippen molar-refractivity contribution in [3.8, 4) is 11.6 Å². The number of nitrogens with one attached hydrogen (secondary N) is 1. The number of H-pyrrole nitrogens is 1. The van der Waals surface area contributed by atoms with Gasteiger partial charge in [-0.05, 0) is 24.3 Å². The summed E-state index contributed by atoms with van der Waals surface area (Å²) in [5.74, 6) is 0.368. The Bertz CT molecular complexity index is 803. The van der Waals surface area contributed by atoms with Gasteiger partial charge in [0.25, 0.3) is 5.89 Å². The molecule has 0 aliphatic rings. The first-order chi connectivity index (χ1) is 8.54. The van der Waals surface area contributed by atoms with Crippen LogP contribution in [0.25, 0.3) is 22.5 Å². The molecule has 92 valence electrons. The Balaban J connectivity index is 2.19. The van der Waals surface area contributed by atoms with Gasteiger partial charge in [0.15, 0.2) is 9.84 Å². The van der Waals surface area contributed by atoms with Crippen LogP contribution in [0.3, 0.4) is 0 Å². The maximum Gasteiger partial charge on any atom is 0.263 e. The molecule has 0 radical (unpaired) electrons. The number of benzene rings is 1. The van der Waals surface area contributed by atoms with E-state index in [1.165, 1.54) is 12.6 Å². The lowest BCUT2D eigenvalue weighted by atomic mass is 10.2. The summed E-state index contributed by atoms with van der Waals surface area (Å²) in [5.41, 5.74) is 1.48. The number of sulfone groups is 1. The first kappa shape index (κ1) is 11.0. The maximum atomic E-state index is 11.5. The highest BCUT2D eigenvalue weighted by molar-refractivity contribution is 7.90. The van der Waals surface area contributed by atoms with Crippen LogP contribution in [0.2, 0.25) is 0 Å². The average Bonchev–Trinajstić information content (AvgIpc) is 2.95. The van der Waals surface area contributed by atoms with E-state index < -0.39 is 9.84 Å². The fraction of sp³-hybridized carbons (Fsp3) is 0.0909. The Morgan fingerprint density at radius 2 is 2.11 bits per heavy atom. The normalized spacial score (nSPS) is 12.1. The molecule has 6 nitrogen and oxygen atoms in total. The topological polar surface area (TPSA) is 88.9 Å². The van der Waals surface area contributed by atoms with Gasteiger partial charge >= 0.3 is 0 Å². The lowest BCUT2D eigenvalue weighted by Gasteiger charge is -1.97. The van der Waals surface area contributed by atoms with Crippen LogP contribution in [0, 0.1) is 0 Å². The third-order valence-corrected chi connectivity index (χ3v) is 3.72. The van der Waals surface area contributed by atoms with Gasteiger partial charge in [-0.25, -0.2) is 8.42 Å². The minimum absolute atomic E-state index is 0.283. The van der Waals surface area contributed by atoms with Gasteiger partial charge in [0.05, 0.1) is 4.90 Å². The van der Waals surface area contributed by atoms with E-state index in [2.05, 4.69) is 15.2 Å². The summed E-state index contributed by atoms with van der Waals surface area (Å²) in [5, 5.41) is 8.16. The quantitative estimate of drug-likeness (QED) is 0.758. The van der Waals surface area contributed by atoms with E-state index in [4.69, 9.17) is 4.42 Å². The van der Waals surface area contributed by atoms with E-state index >= 15 is 0 Å². The van der Waals surface area contributed by atoms with E-state index in [-0.39, 0.29) is 4.90 Å². The molecular weight excluding hydrogens is 254 g/mol. The van der Waals surface area contributed by atoms with E-state index in [1.54, 1.807) is 24.3 Å². The molecule has 0 unspecified atom stereocenters. The second-order valence-electron chi connectivity index (χ2n) is 3.95. The minimum Gasteiger partial charge on any atom is -0.422 e. The van der Waals surface area contributed by atoms with Gasteiger partial charge in [-0.2, -0.15) is 0 Å². The first-order valence-electron chi connectivity index (χ1n) is 5.13. The molecule has 0 saturated heterocycles. The number of fused-ring (bicyclic) bond motifs is 1. The zero-order chi connectivity index (χ0) is 12.8. The van der Waals surface area contributed by atoms with Crippen molar-refractivity contribution in [1.29, 1.82) is 0 Å². The molecule has 3 rings (SSSR count). The largest absolute Gasteiger partial charge is 0.422 e. The van der Waals surface area contributed by atoms with Gasteiger partial charge in [0.1, 0.15) is 5.69 Å². The number of aromatic amines is 1. The molecule has 3 aromatic rings. The lowest BCUT2D eigenvalue weighted by Crippen LogP contribution is -1.95.